The lowest BCUT2D eigenvalue weighted by Crippen LogP contribution is -2.27. The second-order valence-corrected chi connectivity index (χ2v) is 4.51. The third-order valence-corrected chi connectivity index (χ3v) is 2.87. The van der Waals surface area contributed by atoms with Crippen molar-refractivity contribution in [1.29, 1.82) is 0 Å². The molecular weight excluding hydrogens is 278 g/mol. The Kier molecular flexibility index (Phi) is 5.71. The van der Waals surface area contributed by atoms with Gasteiger partial charge in [-0.05, 0) is 24.6 Å². The van der Waals surface area contributed by atoms with Gasteiger partial charge in [-0.2, -0.15) is 0 Å². The quantitative estimate of drug-likeness (QED) is 0.669. The van der Waals surface area contributed by atoms with Crippen LogP contribution in [0.2, 0.25) is 0 Å². The van der Waals surface area contributed by atoms with Gasteiger partial charge >= 0.3 is 17.9 Å². The minimum absolute atomic E-state index is 0.111. The molecule has 1 aromatic carbocycles. The fraction of sp³-hybridized carbons (Fsp3) is 0.357. The molecule has 0 spiro atoms. The Morgan fingerprint density at radius 3 is 1.86 bits per heavy atom. The molecule has 0 bridgehead atoms. The average molecular weight is 295 g/mol. The number of hydrogen-bond donors (Lipinski definition) is 3. The van der Waals surface area contributed by atoms with E-state index in [-0.39, 0.29) is 24.1 Å². The van der Waals surface area contributed by atoms with E-state index in [1.807, 2.05) is 6.92 Å². The number of benzene rings is 1. The van der Waals surface area contributed by atoms with Crippen LogP contribution in [0.15, 0.2) is 18.2 Å². The van der Waals surface area contributed by atoms with Crippen molar-refractivity contribution in [1.82, 2.24) is 0 Å². The van der Waals surface area contributed by atoms with Crippen LogP contribution in [0.3, 0.4) is 0 Å². The predicted molar refractivity (Wildman–Crippen MR) is 75.1 cm³/mol. The van der Waals surface area contributed by atoms with Gasteiger partial charge in [0.25, 0.3) is 0 Å². The smallest absolute Gasteiger partial charge is 0.335 e. The number of rotatable bonds is 8. The summed E-state index contributed by atoms with van der Waals surface area (Å²) in [6.07, 6.45) is 0.610. The Morgan fingerprint density at radius 2 is 1.48 bits per heavy atom. The fourth-order valence-electron chi connectivity index (χ4n) is 1.91. The van der Waals surface area contributed by atoms with E-state index in [4.69, 9.17) is 15.3 Å². The molecule has 0 saturated heterocycles. The molecule has 0 aliphatic heterocycles. The zero-order valence-corrected chi connectivity index (χ0v) is 11.6. The molecule has 0 heterocycles. The van der Waals surface area contributed by atoms with Crippen molar-refractivity contribution in [3.05, 3.63) is 29.3 Å². The molecule has 0 fully saturated rings. The highest BCUT2D eigenvalue weighted by molar-refractivity contribution is 5.95. The van der Waals surface area contributed by atoms with Gasteiger partial charge < -0.3 is 20.2 Å². The summed E-state index contributed by atoms with van der Waals surface area (Å²) < 4.78 is 0. The van der Waals surface area contributed by atoms with Crippen LogP contribution < -0.4 is 4.90 Å². The van der Waals surface area contributed by atoms with Gasteiger partial charge in [-0.1, -0.05) is 6.92 Å². The molecule has 1 rings (SSSR count). The van der Waals surface area contributed by atoms with E-state index < -0.39 is 17.9 Å². The second-order valence-electron chi connectivity index (χ2n) is 4.51. The van der Waals surface area contributed by atoms with E-state index in [0.717, 1.165) is 12.5 Å². The van der Waals surface area contributed by atoms with Crippen molar-refractivity contribution in [3.8, 4) is 0 Å². The summed E-state index contributed by atoms with van der Waals surface area (Å²) in [5.41, 5.74) is 0.123. The van der Waals surface area contributed by atoms with E-state index in [0.29, 0.717) is 12.2 Å². The largest absolute Gasteiger partial charge is 0.481 e. The molecule has 21 heavy (non-hydrogen) atoms. The van der Waals surface area contributed by atoms with Gasteiger partial charge in [-0.25, -0.2) is 9.59 Å². The molecule has 0 unspecified atom stereocenters. The Hall–Kier alpha value is -2.57. The maximum absolute atomic E-state index is 11.1. The van der Waals surface area contributed by atoms with Crippen molar-refractivity contribution in [2.45, 2.75) is 19.8 Å². The van der Waals surface area contributed by atoms with E-state index in [1.165, 1.54) is 12.1 Å². The first-order chi connectivity index (χ1) is 9.85. The summed E-state index contributed by atoms with van der Waals surface area (Å²) in [6.45, 7) is 2.59. The summed E-state index contributed by atoms with van der Waals surface area (Å²) in [5.74, 6) is -3.42. The highest BCUT2D eigenvalue weighted by Crippen LogP contribution is 2.20. The summed E-state index contributed by atoms with van der Waals surface area (Å²) in [7, 11) is 0. The predicted octanol–water partition coefficient (Wildman–Crippen LogP) is 1.77. The molecule has 114 valence electrons. The molecule has 0 aliphatic carbocycles. The van der Waals surface area contributed by atoms with Crippen molar-refractivity contribution in [2.24, 2.45) is 0 Å². The Labute approximate surface area is 121 Å². The summed E-state index contributed by atoms with van der Waals surface area (Å²) >= 11 is 0. The lowest BCUT2D eigenvalue weighted by Gasteiger charge is -2.24. The number of carboxylic acids is 3. The van der Waals surface area contributed by atoms with Gasteiger partial charge in [-0.3, -0.25) is 4.79 Å². The van der Waals surface area contributed by atoms with Gasteiger partial charge in [0.05, 0.1) is 17.5 Å². The molecule has 0 aromatic heterocycles. The number of carboxylic acid groups (broad SMARTS) is 3. The molecule has 0 aliphatic rings. The summed E-state index contributed by atoms with van der Waals surface area (Å²) in [4.78, 5) is 34.5. The van der Waals surface area contributed by atoms with E-state index in [2.05, 4.69) is 0 Å². The van der Waals surface area contributed by atoms with Crippen LogP contribution in [0.4, 0.5) is 5.69 Å². The van der Waals surface area contributed by atoms with Crippen LogP contribution in [0.1, 0.15) is 40.5 Å². The van der Waals surface area contributed by atoms with Gasteiger partial charge in [-0.15, -0.1) is 0 Å². The number of anilines is 1. The van der Waals surface area contributed by atoms with E-state index in [1.54, 1.807) is 4.90 Å². The van der Waals surface area contributed by atoms with Crippen LogP contribution in [-0.4, -0.2) is 46.3 Å². The van der Waals surface area contributed by atoms with Crippen molar-refractivity contribution < 1.29 is 29.7 Å². The molecule has 7 heteroatoms. The van der Waals surface area contributed by atoms with Gasteiger partial charge in [0, 0.05) is 18.8 Å². The molecule has 3 N–H and O–H groups in total. The molecule has 0 radical (unpaired) electrons. The third kappa shape index (κ3) is 4.79. The Bertz CT molecular complexity index is 522. The van der Waals surface area contributed by atoms with Gasteiger partial charge in [0.2, 0.25) is 0 Å². The number of aromatic carboxylic acids is 2. The molecule has 0 atom stereocenters. The lowest BCUT2D eigenvalue weighted by atomic mass is 10.1. The SMILES string of the molecule is CCCN(CCC(=O)O)c1cc(C(=O)O)cc(C(=O)O)c1. The molecule has 1 aromatic rings. The van der Waals surface area contributed by atoms with Crippen molar-refractivity contribution in [3.63, 3.8) is 0 Å². The normalized spacial score (nSPS) is 10.1. The van der Waals surface area contributed by atoms with Crippen molar-refractivity contribution in [2.75, 3.05) is 18.0 Å². The van der Waals surface area contributed by atoms with Crippen LogP contribution in [-0.2, 0) is 4.79 Å². The van der Waals surface area contributed by atoms with Gasteiger partial charge in [0.1, 0.15) is 0 Å². The first kappa shape index (κ1) is 16.5. The molecule has 7 nitrogen and oxygen atoms in total. The standard InChI is InChI=1S/C14H17NO6/c1-2-4-15(5-3-12(16)17)11-7-9(13(18)19)6-10(8-11)14(20)21/h6-8H,2-5H2,1H3,(H,16,17)(H,18,19)(H,20,21). The Morgan fingerprint density at radius 1 is 0.952 bits per heavy atom. The van der Waals surface area contributed by atoms with E-state index >= 15 is 0 Å². The fourth-order valence-corrected chi connectivity index (χ4v) is 1.91. The van der Waals surface area contributed by atoms with Crippen LogP contribution >= 0.6 is 0 Å². The lowest BCUT2D eigenvalue weighted by molar-refractivity contribution is -0.136. The topological polar surface area (TPSA) is 115 Å². The average Bonchev–Trinajstić information content (AvgIpc) is 2.42. The van der Waals surface area contributed by atoms with Crippen LogP contribution in [0.25, 0.3) is 0 Å². The number of hydrogen-bond acceptors (Lipinski definition) is 4. The minimum atomic E-state index is -1.23. The zero-order chi connectivity index (χ0) is 16.0. The first-order valence-electron chi connectivity index (χ1n) is 6.43. The maximum Gasteiger partial charge on any atom is 0.335 e. The molecular formula is C14H17NO6. The third-order valence-electron chi connectivity index (χ3n) is 2.87. The highest BCUT2D eigenvalue weighted by Gasteiger charge is 2.15. The zero-order valence-electron chi connectivity index (χ0n) is 11.6. The van der Waals surface area contributed by atoms with E-state index in [9.17, 15) is 14.4 Å². The highest BCUT2D eigenvalue weighted by atomic mass is 16.4. The van der Waals surface area contributed by atoms with Crippen LogP contribution in [0, 0.1) is 0 Å². The summed E-state index contributed by atoms with van der Waals surface area (Å²) in [6, 6.07) is 3.79. The van der Waals surface area contributed by atoms with Gasteiger partial charge in [0.15, 0.2) is 0 Å². The minimum Gasteiger partial charge on any atom is -0.481 e. The van der Waals surface area contributed by atoms with Crippen molar-refractivity contribution >= 4 is 23.6 Å². The number of aliphatic carboxylic acids is 1. The number of carbonyl (C=O) groups is 3. The monoisotopic (exact) mass is 295 g/mol. The molecule has 0 saturated carbocycles. The summed E-state index contributed by atoms with van der Waals surface area (Å²) in [5, 5.41) is 26.8. The maximum atomic E-state index is 11.1. The Balaban J connectivity index is 3.18. The number of nitrogens with zero attached hydrogens (tertiary/aromatic N) is 1. The van der Waals surface area contributed by atoms with Crippen LogP contribution in [0.5, 0.6) is 0 Å². The first-order valence-corrected chi connectivity index (χ1v) is 6.43. The second kappa shape index (κ2) is 7.28. The molecule has 0 amide bonds.